The van der Waals surface area contributed by atoms with Crippen LogP contribution in [0.25, 0.3) is 17.0 Å². The SMILES string of the molecule is COC=Cc1cc2c(Cl)nc(C)cc2n1S(=O)(=O)c1ccccc1. The van der Waals surface area contributed by atoms with Crippen molar-refractivity contribution in [2.24, 2.45) is 0 Å². The molecule has 124 valence electrons. The maximum Gasteiger partial charge on any atom is 0.268 e. The van der Waals surface area contributed by atoms with E-state index in [0.29, 0.717) is 22.3 Å². The number of aryl methyl sites for hydroxylation is 1. The van der Waals surface area contributed by atoms with E-state index < -0.39 is 10.0 Å². The van der Waals surface area contributed by atoms with Gasteiger partial charge in [0.1, 0.15) is 5.15 Å². The minimum atomic E-state index is -3.79. The highest BCUT2D eigenvalue weighted by atomic mass is 35.5. The number of pyridine rings is 1. The molecule has 7 heteroatoms. The predicted molar refractivity (Wildman–Crippen MR) is 94.5 cm³/mol. The number of hydrogen-bond acceptors (Lipinski definition) is 4. The maximum atomic E-state index is 13.1. The average Bonchev–Trinajstić information content (AvgIpc) is 2.93. The number of fused-ring (bicyclic) bond motifs is 1. The lowest BCUT2D eigenvalue weighted by Gasteiger charge is -2.10. The van der Waals surface area contributed by atoms with Crippen LogP contribution in [0.4, 0.5) is 0 Å². The molecule has 0 spiro atoms. The van der Waals surface area contributed by atoms with Crippen LogP contribution in [0.5, 0.6) is 0 Å². The first kappa shape index (κ1) is 16.5. The Kier molecular flexibility index (Phi) is 4.34. The summed E-state index contributed by atoms with van der Waals surface area (Å²) >= 11 is 6.20. The first-order valence-electron chi connectivity index (χ1n) is 7.13. The van der Waals surface area contributed by atoms with Crippen molar-refractivity contribution in [2.75, 3.05) is 7.11 Å². The monoisotopic (exact) mass is 362 g/mol. The Morgan fingerprint density at radius 2 is 1.92 bits per heavy atom. The van der Waals surface area contributed by atoms with Gasteiger partial charge in [0.2, 0.25) is 0 Å². The van der Waals surface area contributed by atoms with Crippen LogP contribution in [0.2, 0.25) is 5.15 Å². The van der Waals surface area contributed by atoms with Crippen LogP contribution in [0.15, 0.2) is 53.6 Å². The van der Waals surface area contributed by atoms with Crippen LogP contribution in [0, 0.1) is 6.92 Å². The highest BCUT2D eigenvalue weighted by Crippen LogP contribution is 2.30. The summed E-state index contributed by atoms with van der Waals surface area (Å²) in [5.41, 5.74) is 1.55. The largest absolute Gasteiger partial charge is 0.504 e. The molecule has 3 rings (SSSR count). The first-order valence-corrected chi connectivity index (χ1v) is 8.95. The van der Waals surface area contributed by atoms with E-state index in [2.05, 4.69) is 4.98 Å². The summed E-state index contributed by atoms with van der Waals surface area (Å²) < 4.78 is 32.5. The summed E-state index contributed by atoms with van der Waals surface area (Å²) in [7, 11) is -2.30. The van der Waals surface area contributed by atoms with Gasteiger partial charge in [0.25, 0.3) is 10.0 Å². The lowest BCUT2D eigenvalue weighted by atomic mass is 10.3. The van der Waals surface area contributed by atoms with Crippen LogP contribution < -0.4 is 0 Å². The quantitative estimate of drug-likeness (QED) is 0.522. The van der Waals surface area contributed by atoms with Crippen molar-refractivity contribution in [3.05, 3.63) is 65.3 Å². The number of rotatable bonds is 4. The van der Waals surface area contributed by atoms with E-state index in [1.54, 1.807) is 55.5 Å². The molecule has 0 unspecified atom stereocenters. The van der Waals surface area contributed by atoms with Crippen LogP contribution in [0.3, 0.4) is 0 Å². The lowest BCUT2D eigenvalue weighted by Crippen LogP contribution is -2.14. The van der Waals surface area contributed by atoms with Gasteiger partial charge in [0.15, 0.2) is 0 Å². The van der Waals surface area contributed by atoms with Crippen LogP contribution in [-0.2, 0) is 14.8 Å². The van der Waals surface area contributed by atoms with E-state index in [1.165, 1.54) is 17.3 Å². The lowest BCUT2D eigenvalue weighted by molar-refractivity contribution is 0.341. The molecule has 24 heavy (non-hydrogen) atoms. The third-order valence-corrected chi connectivity index (χ3v) is 5.56. The second-order valence-electron chi connectivity index (χ2n) is 5.18. The summed E-state index contributed by atoms with van der Waals surface area (Å²) in [6.07, 6.45) is 2.99. The standard InChI is InChI=1S/C17H15ClN2O3S/c1-12-10-16-15(17(18)19-12)11-13(8-9-23-2)20(16)24(21,22)14-6-4-3-5-7-14/h3-11H,1-2H3. The van der Waals surface area contributed by atoms with E-state index in [4.69, 9.17) is 16.3 Å². The molecule has 0 saturated carbocycles. The molecular weight excluding hydrogens is 348 g/mol. The molecule has 0 amide bonds. The molecule has 0 atom stereocenters. The van der Waals surface area contributed by atoms with Gasteiger partial charge >= 0.3 is 0 Å². The van der Waals surface area contributed by atoms with Crippen molar-refractivity contribution in [1.29, 1.82) is 0 Å². The van der Waals surface area contributed by atoms with Gasteiger partial charge in [-0.15, -0.1) is 0 Å². The van der Waals surface area contributed by atoms with E-state index in [9.17, 15) is 8.42 Å². The van der Waals surface area contributed by atoms with E-state index in [0.717, 1.165) is 0 Å². The molecule has 0 saturated heterocycles. The Hall–Kier alpha value is -2.31. The van der Waals surface area contributed by atoms with Gasteiger partial charge in [-0.1, -0.05) is 29.8 Å². The van der Waals surface area contributed by atoms with Crippen molar-refractivity contribution in [2.45, 2.75) is 11.8 Å². The smallest absolute Gasteiger partial charge is 0.268 e. The Balaban J connectivity index is 2.39. The van der Waals surface area contributed by atoms with E-state index in [1.807, 2.05) is 0 Å². The van der Waals surface area contributed by atoms with Crippen LogP contribution in [-0.4, -0.2) is 24.5 Å². The summed E-state index contributed by atoms with van der Waals surface area (Å²) in [5.74, 6) is 0. The molecule has 2 heterocycles. The predicted octanol–water partition coefficient (Wildman–Crippen LogP) is 3.85. The highest BCUT2D eigenvalue weighted by molar-refractivity contribution is 7.90. The molecular formula is C17H15ClN2O3S. The fraction of sp³-hybridized carbons (Fsp3) is 0.118. The van der Waals surface area contributed by atoms with Crippen molar-refractivity contribution < 1.29 is 13.2 Å². The van der Waals surface area contributed by atoms with Crippen LogP contribution in [0.1, 0.15) is 11.4 Å². The van der Waals surface area contributed by atoms with E-state index >= 15 is 0 Å². The van der Waals surface area contributed by atoms with Crippen LogP contribution >= 0.6 is 11.6 Å². The number of benzene rings is 1. The van der Waals surface area contributed by atoms with Gasteiger partial charge in [-0.25, -0.2) is 17.4 Å². The van der Waals surface area contributed by atoms with E-state index in [-0.39, 0.29) is 10.0 Å². The second-order valence-corrected chi connectivity index (χ2v) is 7.32. The highest BCUT2D eigenvalue weighted by Gasteiger charge is 2.23. The normalized spacial score (nSPS) is 12.1. The van der Waals surface area contributed by atoms with Gasteiger partial charge in [0, 0.05) is 11.1 Å². The van der Waals surface area contributed by atoms with Gasteiger partial charge in [-0.3, -0.25) is 0 Å². The zero-order chi connectivity index (χ0) is 17.3. The molecule has 0 bridgehead atoms. The number of ether oxygens (including phenoxy) is 1. The number of nitrogens with zero attached hydrogens (tertiary/aromatic N) is 2. The molecule has 0 N–H and O–H groups in total. The zero-order valence-electron chi connectivity index (χ0n) is 13.1. The molecule has 0 radical (unpaired) electrons. The number of methoxy groups -OCH3 is 1. The Bertz CT molecular complexity index is 1020. The molecule has 1 aromatic carbocycles. The minimum absolute atomic E-state index is 0.195. The molecule has 2 aromatic heterocycles. The summed E-state index contributed by atoms with van der Waals surface area (Å²) in [6, 6.07) is 11.6. The first-order chi connectivity index (χ1) is 11.4. The summed E-state index contributed by atoms with van der Waals surface area (Å²) in [5, 5.41) is 0.830. The number of halogens is 1. The fourth-order valence-corrected chi connectivity index (χ4v) is 4.29. The van der Waals surface area contributed by atoms with Gasteiger partial charge in [0.05, 0.1) is 29.5 Å². The zero-order valence-corrected chi connectivity index (χ0v) is 14.7. The average molecular weight is 363 g/mol. The molecule has 3 aromatic rings. The molecule has 0 fully saturated rings. The Morgan fingerprint density at radius 1 is 1.21 bits per heavy atom. The number of aromatic nitrogens is 2. The minimum Gasteiger partial charge on any atom is -0.504 e. The third kappa shape index (κ3) is 2.79. The Labute approximate surface area is 145 Å². The molecule has 0 aliphatic rings. The second kappa shape index (κ2) is 6.30. The maximum absolute atomic E-state index is 13.1. The van der Waals surface area contributed by atoms with Gasteiger partial charge in [-0.05, 0) is 37.3 Å². The van der Waals surface area contributed by atoms with Gasteiger partial charge in [-0.2, -0.15) is 0 Å². The van der Waals surface area contributed by atoms with Crippen molar-refractivity contribution >= 4 is 38.6 Å². The number of hydrogen-bond donors (Lipinski definition) is 0. The van der Waals surface area contributed by atoms with Gasteiger partial charge < -0.3 is 4.74 Å². The molecule has 0 aliphatic carbocycles. The summed E-state index contributed by atoms with van der Waals surface area (Å²) in [4.78, 5) is 4.39. The molecule has 5 nitrogen and oxygen atoms in total. The third-order valence-electron chi connectivity index (χ3n) is 3.52. The molecule has 0 aliphatic heterocycles. The van der Waals surface area contributed by atoms with Crippen molar-refractivity contribution in [1.82, 2.24) is 8.96 Å². The Morgan fingerprint density at radius 3 is 2.58 bits per heavy atom. The van der Waals surface area contributed by atoms with Crippen molar-refractivity contribution in [3.63, 3.8) is 0 Å². The fourth-order valence-electron chi connectivity index (χ4n) is 2.50. The van der Waals surface area contributed by atoms with Crippen molar-refractivity contribution in [3.8, 4) is 0 Å². The summed E-state index contributed by atoms with van der Waals surface area (Å²) in [6.45, 7) is 1.77. The topological polar surface area (TPSA) is 61.2 Å².